The highest BCUT2D eigenvalue weighted by Crippen LogP contribution is 2.22. The van der Waals surface area contributed by atoms with Crippen LogP contribution in [0.4, 0.5) is 5.69 Å². The summed E-state index contributed by atoms with van der Waals surface area (Å²) in [7, 11) is 1.56. The molecule has 0 aliphatic rings. The lowest BCUT2D eigenvalue weighted by molar-refractivity contribution is -0.115. The largest absolute Gasteiger partial charge is 0.495 e. The molecule has 1 rings (SSSR count). The molecule has 1 amide bonds. The Balaban J connectivity index is 2.43. The van der Waals surface area contributed by atoms with Crippen molar-refractivity contribution in [1.82, 2.24) is 5.32 Å². The molecular formula is C14H22N2O3. The Morgan fingerprint density at radius 1 is 1.37 bits per heavy atom. The van der Waals surface area contributed by atoms with Gasteiger partial charge in [-0.15, -0.1) is 0 Å². The summed E-state index contributed by atoms with van der Waals surface area (Å²) in [5, 5.41) is 15.1. The summed E-state index contributed by atoms with van der Waals surface area (Å²) in [4.78, 5) is 11.8. The summed E-state index contributed by atoms with van der Waals surface area (Å²) in [6.07, 6.45) is 0.238. The van der Waals surface area contributed by atoms with E-state index in [4.69, 9.17) is 4.74 Å². The number of anilines is 1. The minimum atomic E-state index is -0.375. The van der Waals surface area contributed by atoms with E-state index in [2.05, 4.69) is 10.6 Å². The fraction of sp³-hybridized carbons (Fsp3) is 0.500. The maximum absolute atomic E-state index is 11.8. The minimum Gasteiger partial charge on any atom is -0.495 e. The molecule has 106 valence electrons. The lowest BCUT2D eigenvalue weighted by atomic mass is 10.1. The van der Waals surface area contributed by atoms with E-state index in [-0.39, 0.29) is 24.6 Å². The fourth-order valence-electron chi connectivity index (χ4n) is 1.80. The van der Waals surface area contributed by atoms with Crippen molar-refractivity contribution in [3.63, 3.8) is 0 Å². The van der Waals surface area contributed by atoms with Crippen molar-refractivity contribution in [1.29, 1.82) is 0 Å². The number of benzene rings is 1. The van der Waals surface area contributed by atoms with Crippen LogP contribution in [0.3, 0.4) is 0 Å². The Bertz CT molecular complexity index is 407. The summed E-state index contributed by atoms with van der Waals surface area (Å²) in [5.41, 5.74) is 0.653. The number of aliphatic hydroxyl groups is 1. The molecule has 0 aliphatic carbocycles. The lowest BCUT2D eigenvalue weighted by Gasteiger charge is -2.15. The van der Waals surface area contributed by atoms with Gasteiger partial charge in [-0.25, -0.2) is 0 Å². The average Bonchev–Trinajstić information content (AvgIpc) is 2.36. The molecule has 19 heavy (non-hydrogen) atoms. The maximum Gasteiger partial charge on any atom is 0.238 e. The third-order valence-corrected chi connectivity index (χ3v) is 2.69. The quantitative estimate of drug-likeness (QED) is 0.697. The minimum absolute atomic E-state index is 0.0865. The Morgan fingerprint density at radius 3 is 2.68 bits per heavy atom. The number of nitrogens with one attached hydrogen (secondary N) is 2. The maximum atomic E-state index is 11.8. The molecule has 0 saturated heterocycles. The van der Waals surface area contributed by atoms with E-state index in [1.165, 1.54) is 0 Å². The van der Waals surface area contributed by atoms with Crippen LogP contribution in [0.25, 0.3) is 0 Å². The Morgan fingerprint density at radius 2 is 2.05 bits per heavy atom. The van der Waals surface area contributed by atoms with Crippen LogP contribution in [-0.2, 0) is 4.79 Å². The zero-order valence-electron chi connectivity index (χ0n) is 11.6. The van der Waals surface area contributed by atoms with E-state index in [9.17, 15) is 9.90 Å². The van der Waals surface area contributed by atoms with Gasteiger partial charge in [-0.05, 0) is 32.4 Å². The number of hydrogen-bond donors (Lipinski definition) is 3. The summed E-state index contributed by atoms with van der Waals surface area (Å²) in [5.74, 6) is 0.495. The summed E-state index contributed by atoms with van der Waals surface area (Å²) >= 11 is 0. The molecule has 0 aromatic heterocycles. The monoisotopic (exact) mass is 266 g/mol. The zero-order valence-corrected chi connectivity index (χ0v) is 11.6. The van der Waals surface area contributed by atoms with Crippen molar-refractivity contribution >= 4 is 11.6 Å². The molecule has 1 aromatic carbocycles. The number of rotatable bonds is 7. The standard InChI is InChI=1S/C14H22N2O3/c1-10(8-11(2)17)15-9-14(18)16-12-6-4-5-7-13(12)19-3/h4-7,10-11,15,17H,8-9H2,1-3H3,(H,16,18). The van der Waals surface area contributed by atoms with Gasteiger partial charge in [-0.2, -0.15) is 0 Å². The number of ether oxygens (including phenoxy) is 1. The first kappa shape index (κ1) is 15.5. The fourth-order valence-corrected chi connectivity index (χ4v) is 1.80. The number of amides is 1. The van der Waals surface area contributed by atoms with Crippen molar-refractivity contribution in [2.75, 3.05) is 19.0 Å². The molecule has 0 spiro atoms. The van der Waals surface area contributed by atoms with Gasteiger partial charge in [0.05, 0.1) is 25.4 Å². The molecule has 3 N–H and O–H groups in total. The van der Waals surface area contributed by atoms with Gasteiger partial charge >= 0.3 is 0 Å². The van der Waals surface area contributed by atoms with Gasteiger partial charge in [0.1, 0.15) is 5.75 Å². The first-order valence-electron chi connectivity index (χ1n) is 6.37. The Kier molecular flexibility index (Phi) is 6.32. The van der Waals surface area contributed by atoms with Crippen LogP contribution in [0.2, 0.25) is 0 Å². The number of para-hydroxylation sites is 2. The number of carbonyl (C=O) groups excluding carboxylic acids is 1. The molecule has 0 saturated carbocycles. The highest BCUT2D eigenvalue weighted by molar-refractivity contribution is 5.93. The predicted octanol–water partition coefficient (Wildman–Crippen LogP) is 1.38. The molecule has 0 bridgehead atoms. The number of hydrogen-bond acceptors (Lipinski definition) is 4. The van der Waals surface area contributed by atoms with E-state index < -0.39 is 0 Å². The highest BCUT2D eigenvalue weighted by Gasteiger charge is 2.09. The van der Waals surface area contributed by atoms with Gasteiger partial charge in [-0.1, -0.05) is 12.1 Å². The van der Waals surface area contributed by atoms with Gasteiger partial charge in [0, 0.05) is 6.04 Å². The third-order valence-electron chi connectivity index (χ3n) is 2.69. The van der Waals surface area contributed by atoms with Crippen molar-refractivity contribution < 1.29 is 14.6 Å². The third kappa shape index (κ3) is 5.72. The van der Waals surface area contributed by atoms with E-state index in [1.54, 1.807) is 26.2 Å². The number of aliphatic hydroxyl groups excluding tert-OH is 1. The first-order valence-corrected chi connectivity index (χ1v) is 6.37. The molecular weight excluding hydrogens is 244 g/mol. The highest BCUT2D eigenvalue weighted by atomic mass is 16.5. The summed E-state index contributed by atoms with van der Waals surface area (Å²) in [6, 6.07) is 7.34. The van der Waals surface area contributed by atoms with Crippen LogP contribution in [0.5, 0.6) is 5.75 Å². The molecule has 2 unspecified atom stereocenters. The van der Waals surface area contributed by atoms with E-state index in [0.717, 1.165) is 0 Å². The van der Waals surface area contributed by atoms with Crippen molar-refractivity contribution in [2.45, 2.75) is 32.4 Å². The topological polar surface area (TPSA) is 70.6 Å². The molecule has 0 fully saturated rings. The average molecular weight is 266 g/mol. The van der Waals surface area contributed by atoms with Crippen LogP contribution in [0.15, 0.2) is 24.3 Å². The van der Waals surface area contributed by atoms with Crippen molar-refractivity contribution in [3.8, 4) is 5.75 Å². The molecule has 5 heteroatoms. The second kappa shape index (κ2) is 7.76. The van der Waals surface area contributed by atoms with Crippen molar-refractivity contribution in [3.05, 3.63) is 24.3 Å². The smallest absolute Gasteiger partial charge is 0.238 e. The van der Waals surface area contributed by atoms with E-state index in [0.29, 0.717) is 17.9 Å². The molecule has 0 radical (unpaired) electrons. The second-order valence-electron chi connectivity index (χ2n) is 4.62. The zero-order chi connectivity index (χ0) is 14.3. The van der Waals surface area contributed by atoms with Gasteiger partial charge in [0.25, 0.3) is 0 Å². The Labute approximate surface area is 114 Å². The van der Waals surface area contributed by atoms with Crippen LogP contribution >= 0.6 is 0 Å². The van der Waals surface area contributed by atoms with Gasteiger partial charge in [0.15, 0.2) is 0 Å². The van der Waals surface area contributed by atoms with Gasteiger partial charge in [0.2, 0.25) is 5.91 Å². The van der Waals surface area contributed by atoms with E-state index in [1.807, 2.05) is 19.1 Å². The van der Waals surface area contributed by atoms with Crippen LogP contribution in [0.1, 0.15) is 20.3 Å². The SMILES string of the molecule is COc1ccccc1NC(=O)CNC(C)CC(C)O. The van der Waals surface area contributed by atoms with Crippen LogP contribution in [0, 0.1) is 0 Å². The number of methoxy groups -OCH3 is 1. The van der Waals surface area contributed by atoms with E-state index >= 15 is 0 Å². The summed E-state index contributed by atoms with van der Waals surface area (Å²) in [6.45, 7) is 3.86. The van der Waals surface area contributed by atoms with Gasteiger partial charge in [-0.3, -0.25) is 4.79 Å². The van der Waals surface area contributed by atoms with Crippen LogP contribution < -0.4 is 15.4 Å². The number of carbonyl (C=O) groups is 1. The van der Waals surface area contributed by atoms with Gasteiger partial charge < -0.3 is 20.5 Å². The summed E-state index contributed by atoms with van der Waals surface area (Å²) < 4.78 is 5.16. The van der Waals surface area contributed by atoms with Crippen molar-refractivity contribution in [2.24, 2.45) is 0 Å². The lowest BCUT2D eigenvalue weighted by Crippen LogP contribution is -2.36. The van der Waals surface area contributed by atoms with Crippen LogP contribution in [-0.4, -0.2) is 36.8 Å². The molecule has 0 heterocycles. The molecule has 5 nitrogen and oxygen atoms in total. The predicted molar refractivity (Wildman–Crippen MR) is 75.4 cm³/mol. The Hall–Kier alpha value is -1.59. The normalized spacial score (nSPS) is 13.7. The molecule has 0 aliphatic heterocycles. The molecule has 1 aromatic rings. The molecule has 2 atom stereocenters. The first-order chi connectivity index (χ1) is 9.02. The second-order valence-corrected chi connectivity index (χ2v) is 4.62.